The van der Waals surface area contributed by atoms with Gasteiger partial charge < -0.3 is 4.90 Å². The second-order valence-corrected chi connectivity index (χ2v) is 5.71. The van der Waals surface area contributed by atoms with Crippen molar-refractivity contribution in [2.75, 3.05) is 6.54 Å². The quantitative estimate of drug-likeness (QED) is 0.597. The molecule has 2 atom stereocenters. The maximum Gasteiger partial charge on any atom is 0.222 e. The molecule has 1 amide bonds. The van der Waals surface area contributed by atoms with Crippen LogP contribution >= 0.6 is 0 Å². The van der Waals surface area contributed by atoms with Gasteiger partial charge in [-0.2, -0.15) is 0 Å². The van der Waals surface area contributed by atoms with Crippen LogP contribution in [0.5, 0.6) is 0 Å². The Kier molecular flexibility index (Phi) is 6.45. The Morgan fingerprint density at radius 2 is 2.00 bits per heavy atom. The molecule has 0 radical (unpaired) electrons. The molecule has 1 aliphatic carbocycles. The summed E-state index contributed by atoms with van der Waals surface area (Å²) in [4.78, 5) is 13.9. The SMILES string of the molecule is CC/C=C\CCC1CC1CN(C(=O)CC)C(C)C. The zero-order valence-corrected chi connectivity index (χ0v) is 12.5. The molecule has 18 heavy (non-hydrogen) atoms. The van der Waals surface area contributed by atoms with E-state index in [0.717, 1.165) is 24.8 Å². The minimum Gasteiger partial charge on any atom is -0.340 e. The fraction of sp³-hybridized carbons (Fsp3) is 0.812. The Bertz CT molecular complexity index is 283. The molecule has 1 saturated carbocycles. The molecule has 0 aromatic heterocycles. The molecule has 1 rings (SSSR count). The number of allylic oxidation sites excluding steroid dienone is 2. The third kappa shape index (κ3) is 4.83. The average molecular weight is 251 g/mol. The first-order chi connectivity index (χ1) is 8.60. The van der Waals surface area contributed by atoms with Crippen molar-refractivity contribution in [3.05, 3.63) is 12.2 Å². The lowest BCUT2D eigenvalue weighted by Crippen LogP contribution is -2.38. The van der Waals surface area contributed by atoms with E-state index < -0.39 is 0 Å². The molecule has 0 spiro atoms. The fourth-order valence-electron chi connectivity index (χ4n) is 2.54. The summed E-state index contributed by atoms with van der Waals surface area (Å²) in [5, 5.41) is 0. The first-order valence-electron chi connectivity index (χ1n) is 7.54. The number of amides is 1. The zero-order valence-electron chi connectivity index (χ0n) is 12.5. The van der Waals surface area contributed by atoms with E-state index in [4.69, 9.17) is 0 Å². The minimum atomic E-state index is 0.307. The van der Waals surface area contributed by atoms with E-state index in [0.29, 0.717) is 18.4 Å². The van der Waals surface area contributed by atoms with Crippen LogP contribution in [0.4, 0.5) is 0 Å². The average Bonchev–Trinajstić information content (AvgIpc) is 3.09. The van der Waals surface area contributed by atoms with E-state index in [2.05, 4.69) is 37.8 Å². The Labute approximate surface area is 112 Å². The van der Waals surface area contributed by atoms with Crippen LogP contribution in [0.2, 0.25) is 0 Å². The fourth-order valence-corrected chi connectivity index (χ4v) is 2.54. The molecular weight excluding hydrogens is 222 g/mol. The van der Waals surface area contributed by atoms with E-state index >= 15 is 0 Å². The number of carbonyl (C=O) groups is 1. The first-order valence-corrected chi connectivity index (χ1v) is 7.54. The first kappa shape index (κ1) is 15.3. The summed E-state index contributed by atoms with van der Waals surface area (Å²) in [6.45, 7) is 9.35. The second-order valence-electron chi connectivity index (χ2n) is 5.71. The van der Waals surface area contributed by atoms with Gasteiger partial charge in [0.05, 0.1) is 0 Å². The molecule has 2 heteroatoms. The molecule has 0 bridgehead atoms. The van der Waals surface area contributed by atoms with Gasteiger partial charge in [0, 0.05) is 19.0 Å². The van der Waals surface area contributed by atoms with Crippen molar-refractivity contribution >= 4 is 5.91 Å². The molecule has 2 unspecified atom stereocenters. The molecule has 0 heterocycles. The highest BCUT2D eigenvalue weighted by molar-refractivity contribution is 5.76. The summed E-state index contributed by atoms with van der Waals surface area (Å²) in [7, 11) is 0. The molecule has 0 N–H and O–H groups in total. The van der Waals surface area contributed by atoms with Crippen molar-refractivity contribution in [2.45, 2.75) is 65.8 Å². The zero-order chi connectivity index (χ0) is 13.5. The van der Waals surface area contributed by atoms with Crippen molar-refractivity contribution in [3.63, 3.8) is 0 Å². The van der Waals surface area contributed by atoms with E-state index in [-0.39, 0.29) is 0 Å². The van der Waals surface area contributed by atoms with Gasteiger partial charge in [0.1, 0.15) is 0 Å². The molecular formula is C16H29NO. The normalized spacial score (nSPS) is 22.7. The molecule has 0 aliphatic heterocycles. The number of hydrogen-bond acceptors (Lipinski definition) is 1. The third-order valence-corrected chi connectivity index (χ3v) is 3.85. The summed E-state index contributed by atoms with van der Waals surface area (Å²) in [5.74, 6) is 1.93. The lowest BCUT2D eigenvalue weighted by Gasteiger charge is -2.26. The van der Waals surface area contributed by atoms with Crippen LogP contribution in [0.1, 0.15) is 59.8 Å². The standard InChI is InChI=1S/C16H29NO/c1-5-7-8-9-10-14-11-15(14)12-17(13(3)4)16(18)6-2/h7-8,13-15H,5-6,9-12H2,1-4H3/b8-7-. The molecule has 104 valence electrons. The van der Waals surface area contributed by atoms with Crippen LogP contribution in [0, 0.1) is 11.8 Å². The molecule has 1 fully saturated rings. The molecule has 2 nitrogen and oxygen atoms in total. The third-order valence-electron chi connectivity index (χ3n) is 3.85. The highest BCUT2D eigenvalue weighted by Crippen LogP contribution is 2.42. The van der Waals surface area contributed by atoms with Gasteiger partial charge in [-0.05, 0) is 51.4 Å². The Balaban J connectivity index is 2.27. The van der Waals surface area contributed by atoms with Gasteiger partial charge in [-0.1, -0.05) is 26.0 Å². The van der Waals surface area contributed by atoms with Gasteiger partial charge in [-0.15, -0.1) is 0 Å². The number of hydrogen-bond donors (Lipinski definition) is 0. The Hall–Kier alpha value is -0.790. The molecule has 1 aliphatic rings. The van der Waals surface area contributed by atoms with Crippen molar-refractivity contribution in [3.8, 4) is 0 Å². The smallest absolute Gasteiger partial charge is 0.222 e. The maximum atomic E-state index is 11.8. The van der Waals surface area contributed by atoms with Gasteiger partial charge in [-0.25, -0.2) is 0 Å². The minimum absolute atomic E-state index is 0.307. The van der Waals surface area contributed by atoms with Gasteiger partial charge in [-0.3, -0.25) is 4.79 Å². The molecule has 0 saturated heterocycles. The van der Waals surface area contributed by atoms with Gasteiger partial charge in [0.15, 0.2) is 0 Å². The monoisotopic (exact) mass is 251 g/mol. The largest absolute Gasteiger partial charge is 0.340 e. The Morgan fingerprint density at radius 3 is 2.56 bits per heavy atom. The molecule has 0 aromatic rings. The second kappa shape index (κ2) is 7.60. The summed E-state index contributed by atoms with van der Waals surface area (Å²) in [6, 6.07) is 0.346. The van der Waals surface area contributed by atoms with Crippen LogP contribution in [-0.4, -0.2) is 23.4 Å². The summed E-state index contributed by atoms with van der Waals surface area (Å²) >= 11 is 0. The van der Waals surface area contributed by atoms with E-state index in [9.17, 15) is 4.79 Å². The number of nitrogens with zero attached hydrogens (tertiary/aromatic N) is 1. The van der Waals surface area contributed by atoms with E-state index in [1.807, 2.05) is 6.92 Å². The lowest BCUT2D eigenvalue weighted by molar-refractivity contribution is -0.132. The van der Waals surface area contributed by atoms with E-state index in [1.165, 1.54) is 19.3 Å². The molecule has 0 aromatic carbocycles. The van der Waals surface area contributed by atoms with Crippen LogP contribution in [-0.2, 0) is 4.79 Å². The van der Waals surface area contributed by atoms with Crippen molar-refractivity contribution in [1.82, 2.24) is 4.90 Å². The predicted octanol–water partition coefficient (Wildman–Crippen LogP) is 4.02. The predicted molar refractivity (Wildman–Crippen MR) is 77.4 cm³/mol. The maximum absolute atomic E-state index is 11.8. The number of carbonyl (C=O) groups excluding carboxylic acids is 1. The van der Waals surface area contributed by atoms with Gasteiger partial charge in [0.2, 0.25) is 5.91 Å². The Morgan fingerprint density at radius 1 is 1.28 bits per heavy atom. The van der Waals surface area contributed by atoms with Crippen molar-refractivity contribution in [1.29, 1.82) is 0 Å². The summed E-state index contributed by atoms with van der Waals surface area (Å²) < 4.78 is 0. The highest BCUT2D eigenvalue weighted by Gasteiger charge is 2.38. The van der Waals surface area contributed by atoms with Crippen molar-refractivity contribution < 1.29 is 4.79 Å². The van der Waals surface area contributed by atoms with Crippen LogP contribution in [0.15, 0.2) is 12.2 Å². The van der Waals surface area contributed by atoms with Crippen LogP contribution in [0.25, 0.3) is 0 Å². The lowest BCUT2D eigenvalue weighted by atomic mass is 10.1. The number of rotatable bonds is 8. The van der Waals surface area contributed by atoms with Crippen molar-refractivity contribution in [2.24, 2.45) is 11.8 Å². The van der Waals surface area contributed by atoms with Gasteiger partial charge in [0.25, 0.3) is 0 Å². The summed E-state index contributed by atoms with van der Waals surface area (Å²) in [5.41, 5.74) is 0. The van der Waals surface area contributed by atoms with E-state index in [1.54, 1.807) is 0 Å². The van der Waals surface area contributed by atoms with Crippen LogP contribution in [0.3, 0.4) is 0 Å². The summed E-state index contributed by atoms with van der Waals surface area (Å²) in [6.07, 6.45) is 10.1. The van der Waals surface area contributed by atoms with Crippen LogP contribution < -0.4 is 0 Å². The highest BCUT2D eigenvalue weighted by atomic mass is 16.2. The topological polar surface area (TPSA) is 20.3 Å². The van der Waals surface area contributed by atoms with Gasteiger partial charge >= 0.3 is 0 Å².